The monoisotopic (exact) mass is 280 g/mol. The van der Waals surface area contributed by atoms with Gasteiger partial charge in [0, 0.05) is 29.6 Å². The van der Waals surface area contributed by atoms with Crippen LogP contribution in [-0.4, -0.2) is 25.2 Å². The van der Waals surface area contributed by atoms with Crippen molar-refractivity contribution in [1.29, 1.82) is 0 Å². The molecule has 0 spiro atoms. The van der Waals surface area contributed by atoms with E-state index in [1.165, 1.54) is 27.7 Å². The summed E-state index contributed by atoms with van der Waals surface area (Å²) < 4.78 is 1.29. The quantitative estimate of drug-likeness (QED) is 0.786. The molecule has 0 radical (unpaired) electrons. The van der Waals surface area contributed by atoms with Gasteiger partial charge in [0.1, 0.15) is 0 Å². The lowest BCUT2D eigenvalue weighted by Gasteiger charge is -2.39. The Hall–Kier alpha value is -0.540. The first-order chi connectivity index (χ1) is 7.68. The summed E-state index contributed by atoms with van der Waals surface area (Å²) in [6.07, 6.45) is 1.19. The number of aryl methyl sites for hydroxylation is 1. The Labute approximate surface area is 105 Å². The molecule has 0 bridgehead atoms. The van der Waals surface area contributed by atoms with Crippen molar-refractivity contribution in [2.24, 2.45) is 0 Å². The maximum atomic E-state index is 3.76. The molecule has 2 aliphatic heterocycles. The highest BCUT2D eigenvalue weighted by atomic mass is 79.9. The van der Waals surface area contributed by atoms with Gasteiger partial charge < -0.3 is 10.2 Å². The second kappa shape index (κ2) is 3.74. The minimum Gasteiger partial charge on any atom is -0.362 e. The first kappa shape index (κ1) is 10.6. The van der Waals surface area contributed by atoms with Crippen molar-refractivity contribution in [3.05, 3.63) is 27.7 Å². The van der Waals surface area contributed by atoms with Crippen LogP contribution in [0, 0.1) is 6.92 Å². The molecule has 2 atom stereocenters. The van der Waals surface area contributed by atoms with Gasteiger partial charge in [0.2, 0.25) is 0 Å². The van der Waals surface area contributed by atoms with E-state index in [9.17, 15) is 0 Å². The minimum atomic E-state index is 0.595. The highest BCUT2D eigenvalue weighted by Crippen LogP contribution is 2.41. The van der Waals surface area contributed by atoms with E-state index in [0.717, 1.165) is 13.1 Å². The van der Waals surface area contributed by atoms with Crippen LogP contribution in [0.3, 0.4) is 0 Å². The minimum absolute atomic E-state index is 0.595. The number of benzene rings is 1. The van der Waals surface area contributed by atoms with Gasteiger partial charge in [0.15, 0.2) is 0 Å². The molecule has 1 aromatic carbocycles. The molecule has 3 rings (SSSR count). The Morgan fingerprint density at radius 3 is 3.00 bits per heavy atom. The van der Waals surface area contributed by atoms with Crippen LogP contribution in [0.15, 0.2) is 16.6 Å². The van der Waals surface area contributed by atoms with Crippen molar-refractivity contribution >= 4 is 21.6 Å². The number of hydrogen-bond donors (Lipinski definition) is 1. The van der Waals surface area contributed by atoms with Gasteiger partial charge in [-0.05, 0) is 47.3 Å². The molecule has 0 amide bonds. The van der Waals surface area contributed by atoms with Crippen molar-refractivity contribution in [3.8, 4) is 0 Å². The molecule has 86 valence electrons. The van der Waals surface area contributed by atoms with E-state index in [1.807, 2.05) is 0 Å². The molecule has 2 nitrogen and oxygen atoms in total. The smallest absolute Gasteiger partial charge is 0.0552 e. The van der Waals surface area contributed by atoms with Gasteiger partial charge in [-0.3, -0.25) is 0 Å². The number of nitrogens with one attached hydrogen (secondary N) is 1. The van der Waals surface area contributed by atoms with Crippen LogP contribution in [0.5, 0.6) is 0 Å². The number of nitrogens with zero attached hydrogens (tertiary/aromatic N) is 1. The largest absolute Gasteiger partial charge is 0.362 e. The molecule has 0 unspecified atom stereocenters. The van der Waals surface area contributed by atoms with E-state index in [4.69, 9.17) is 0 Å². The predicted octanol–water partition coefficient (Wildman–Crippen LogP) is 2.48. The fourth-order valence-electron chi connectivity index (χ4n) is 2.99. The molecule has 0 saturated carbocycles. The fraction of sp³-hybridized carbons (Fsp3) is 0.538. The number of anilines is 1. The van der Waals surface area contributed by atoms with Crippen LogP contribution in [0.4, 0.5) is 5.69 Å². The molecule has 1 aromatic rings. The third kappa shape index (κ3) is 1.41. The zero-order chi connectivity index (χ0) is 11.3. The zero-order valence-corrected chi connectivity index (χ0v) is 11.3. The normalized spacial score (nSPS) is 27.8. The van der Waals surface area contributed by atoms with Gasteiger partial charge in [-0.2, -0.15) is 0 Å². The van der Waals surface area contributed by atoms with Crippen LogP contribution < -0.4 is 10.2 Å². The topological polar surface area (TPSA) is 15.3 Å². The molecule has 1 fully saturated rings. The molecular weight excluding hydrogens is 264 g/mol. The van der Waals surface area contributed by atoms with E-state index in [2.05, 4.69) is 52.1 Å². The molecule has 0 aromatic heterocycles. The second-order valence-corrected chi connectivity index (χ2v) is 5.77. The van der Waals surface area contributed by atoms with Gasteiger partial charge >= 0.3 is 0 Å². The van der Waals surface area contributed by atoms with Gasteiger partial charge in [-0.1, -0.05) is 12.1 Å². The lowest BCUT2D eigenvalue weighted by Crippen LogP contribution is -2.55. The summed E-state index contributed by atoms with van der Waals surface area (Å²) in [5.74, 6) is 0. The van der Waals surface area contributed by atoms with E-state index < -0.39 is 0 Å². The molecular formula is C13H17BrN2. The van der Waals surface area contributed by atoms with Gasteiger partial charge in [0.25, 0.3) is 0 Å². The first-order valence-electron chi connectivity index (χ1n) is 5.95. The van der Waals surface area contributed by atoms with E-state index in [1.54, 1.807) is 0 Å². The highest BCUT2D eigenvalue weighted by Gasteiger charge is 2.36. The SMILES string of the molecule is Cc1ccc2c(c1Br)N1[C@@H](CNC[C@H]1C)C2. The van der Waals surface area contributed by atoms with Gasteiger partial charge in [-0.15, -0.1) is 0 Å². The summed E-state index contributed by atoms with van der Waals surface area (Å²) in [7, 11) is 0. The highest BCUT2D eigenvalue weighted by molar-refractivity contribution is 9.10. The standard InChI is InChI=1S/C13H17BrN2/c1-8-3-4-10-5-11-7-15-6-9(2)16(11)13(10)12(8)14/h3-4,9,11,15H,5-7H2,1-2H3/t9-,11-/m1/s1. The van der Waals surface area contributed by atoms with Gasteiger partial charge in [-0.25, -0.2) is 0 Å². The van der Waals surface area contributed by atoms with Crippen LogP contribution in [0.25, 0.3) is 0 Å². The maximum absolute atomic E-state index is 3.76. The third-order valence-electron chi connectivity index (χ3n) is 3.79. The van der Waals surface area contributed by atoms with E-state index in [0.29, 0.717) is 12.1 Å². The Bertz CT molecular complexity index is 430. The van der Waals surface area contributed by atoms with Crippen LogP contribution >= 0.6 is 15.9 Å². The summed E-state index contributed by atoms with van der Waals surface area (Å²) in [6, 6.07) is 5.76. The van der Waals surface area contributed by atoms with E-state index >= 15 is 0 Å². The molecule has 3 heteroatoms. The lowest BCUT2D eigenvalue weighted by atomic mass is 10.1. The maximum Gasteiger partial charge on any atom is 0.0552 e. The van der Waals surface area contributed by atoms with Crippen LogP contribution in [-0.2, 0) is 6.42 Å². The Morgan fingerprint density at radius 1 is 1.38 bits per heavy atom. The summed E-state index contributed by atoms with van der Waals surface area (Å²) in [5.41, 5.74) is 4.28. The predicted molar refractivity (Wildman–Crippen MR) is 71.2 cm³/mol. The molecule has 1 saturated heterocycles. The van der Waals surface area contributed by atoms with Gasteiger partial charge in [0.05, 0.1) is 5.69 Å². The van der Waals surface area contributed by atoms with Crippen molar-refractivity contribution in [2.45, 2.75) is 32.4 Å². The van der Waals surface area contributed by atoms with E-state index in [-0.39, 0.29) is 0 Å². The van der Waals surface area contributed by atoms with Crippen LogP contribution in [0.1, 0.15) is 18.1 Å². The number of rotatable bonds is 0. The summed E-state index contributed by atoms with van der Waals surface area (Å²) in [6.45, 7) is 6.69. The molecule has 1 N–H and O–H groups in total. The van der Waals surface area contributed by atoms with Crippen molar-refractivity contribution in [2.75, 3.05) is 18.0 Å². The zero-order valence-electron chi connectivity index (χ0n) is 9.76. The summed E-state index contributed by atoms with van der Waals surface area (Å²) in [4.78, 5) is 2.60. The van der Waals surface area contributed by atoms with Crippen molar-refractivity contribution in [3.63, 3.8) is 0 Å². The van der Waals surface area contributed by atoms with Crippen molar-refractivity contribution in [1.82, 2.24) is 5.32 Å². The summed E-state index contributed by atoms with van der Waals surface area (Å²) in [5, 5.41) is 3.52. The Kier molecular flexibility index (Phi) is 2.48. The number of halogens is 1. The molecule has 2 heterocycles. The lowest BCUT2D eigenvalue weighted by molar-refractivity contribution is 0.429. The third-order valence-corrected chi connectivity index (χ3v) is 4.80. The average Bonchev–Trinajstić information content (AvgIpc) is 2.64. The Morgan fingerprint density at radius 2 is 2.19 bits per heavy atom. The molecule has 16 heavy (non-hydrogen) atoms. The fourth-order valence-corrected chi connectivity index (χ4v) is 3.58. The second-order valence-electron chi connectivity index (χ2n) is 4.98. The first-order valence-corrected chi connectivity index (χ1v) is 6.75. The molecule has 0 aliphatic carbocycles. The summed E-state index contributed by atoms with van der Waals surface area (Å²) >= 11 is 3.76. The number of piperazine rings is 1. The average molecular weight is 281 g/mol. The number of fused-ring (bicyclic) bond motifs is 3. The number of hydrogen-bond acceptors (Lipinski definition) is 2. The van der Waals surface area contributed by atoms with Crippen molar-refractivity contribution < 1.29 is 0 Å². The molecule has 2 aliphatic rings. The Balaban J connectivity index is 2.11. The van der Waals surface area contributed by atoms with Crippen LogP contribution in [0.2, 0.25) is 0 Å².